The summed E-state index contributed by atoms with van der Waals surface area (Å²) in [5.74, 6) is -2.72. The second-order valence-corrected chi connectivity index (χ2v) is 8.57. The van der Waals surface area contributed by atoms with E-state index in [1.165, 1.54) is 35.5 Å². The second-order valence-electron chi connectivity index (χ2n) is 6.63. The Kier molecular flexibility index (Phi) is 7.43. The highest BCUT2D eigenvalue weighted by atomic mass is 32.2. The van der Waals surface area contributed by atoms with E-state index < -0.39 is 34.3 Å². The molecular weight excluding hydrogens is 382 g/mol. The summed E-state index contributed by atoms with van der Waals surface area (Å²) in [6.07, 6.45) is 3.69. The Hall–Kier alpha value is -2.57. The number of hydrogen-bond acceptors (Lipinski definition) is 7. The Bertz CT molecular complexity index is 879. The molecule has 0 aliphatic carbocycles. The lowest BCUT2D eigenvalue weighted by Crippen LogP contribution is -2.31. The number of Topliss-reactive ketones (excluding diaryl/α,β-unsaturated/α-hetero) is 1. The molecule has 1 N–H and O–H groups in total. The molecule has 0 radical (unpaired) electrons. The quantitative estimate of drug-likeness (QED) is 0.547. The van der Waals surface area contributed by atoms with E-state index in [1.54, 1.807) is 6.07 Å². The van der Waals surface area contributed by atoms with E-state index in [0.717, 1.165) is 25.7 Å². The van der Waals surface area contributed by atoms with Crippen LogP contribution in [0.3, 0.4) is 0 Å². The molecule has 0 spiro atoms. The Morgan fingerprint density at radius 1 is 1.18 bits per heavy atom. The number of nitrogens with one attached hydrogen (secondary N) is 1. The fourth-order valence-electron chi connectivity index (χ4n) is 2.91. The maximum atomic E-state index is 12.7. The lowest BCUT2D eigenvalue weighted by atomic mass is 10.0. The highest BCUT2D eigenvalue weighted by Crippen LogP contribution is 2.21. The summed E-state index contributed by atoms with van der Waals surface area (Å²) < 4.78 is 31.8. The van der Waals surface area contributed by atoms with Crippen molar-refractivity contribution in [2.75, 3.05) is 19.7 Å². The number of nitrogens with zero attached hydrogens (tertiary/aromatic N) is 2. The van der Waals surface area contributed by atoms with Crippen LogP contribution in [0.4, 0.5) is 0 Å². The van der Waals surface area contributed by atoms with Gasteiger partial charge < -0.3 is 10.1 Å². The lowest BCUT2D eigenvalue weighted by molar-refractivity contribution is -0.122. The topological polar surface area (TPSA) is 128 Å². The molecular formula is C19H23N3O5S. The van der Waals surface area contributed by atoms with Gasteiger partial charge in [0, 0.05) is 18.8 Å². The number of esters is 1. The smallest absolute Gasteiger partial charge is 0.338 e. The summed E-state index contributed by atoms with van der Waals surface area (Å²) in [5, 5.41) is 16.2. The van der Waals surface area contributed by atoms with Crippen LogP contribution in [0, 0.1) is 22.7 Å². The number of hydrogen-bond donors (Lipinski definition) is 1. The van der Waals surface area contributed by atoms with E-state index in [0.29, 0.717) is 13.1 Å². The third kappa shape index (κ3) is 5.24. The SMILES string of the molecule is CC(=N)C(C#N)C(=O)COC(=O)c1ccc(S(=O)(=O)N2CCCCCC2)cc1. The standard InChI is InChI=1S/C19H23N3O5S/c1-14(21)17(12-20)18(23)13-27-19(24)15-6-8-16(9-7-15)28(25,26)22-10-4-2-3-5-11-22/h6-9,17,21H,2-5,10-11,13H2,1H3. The summed E-state index contributed by atoms with van der Waals surface area (Å²) in [5.41, 5.74) is -0.0191. The van der Waals surface area contributed by atoms with Crippen LogP contribution in [0.1, 0.15) is 43.0 Å². The summed E-state index contributed by atoms with van der Waals surface area (Å²) in [4.78, 5) is 24.0. The maximum absolute atomic E-state index is 12.7. The lowest BCUT2D eigenvalue weighted by Gasteiger charge is -2.20. The molecule has 1 atom stereocenters. The van der Waals surface area contributed by atoms with Crippen molar-refractivity contribution in [3.8, 4) is 6.07 Å². The molecule has 8 nitrogen and oxygen atoms in total. The average molecular weight is 405 g/mol. The first-order valence-electron chi connectivity index (χ1n) is 9.02. The van der Waals surface area contributed by atoms with E-state index in [9.17, 15) is 18.0 Å². The monoisotopic (exact) mass is 405 g/mol. The predicted octanol–water partition coefficient (Wildman–Crippen LogP) is 2.16. The second kappa shape index (κ2) is 9.57. The average Bonchev–Trinajstić information content (AvgIpc) is 2.96. The summed E-state index contributed by atoms with van der Waals surface area (Å²) in [7, 11) is -3.61. The van der Waals surface area contributed by atoms with Gasteiger partial charge in [0.1, 0.15) is 5.92 Å². The van der Waals surface area contributed by atoms with Gasteiger partial charge >= 0.3 is 5.97 Å². The van der Waals surface area contributed by atoms with E-state index in [-0.39, 0.29) is 16.2 Å². The molecule has 9 heteroatoms. The molecule has 0 amide bonds. The molecule has 1 saturated heterocycles. The number of ether oxygens (including phenoxy) is 1. The highest BCUT2D eigenvalue weighted by Gasteiger charge is 2.26. The van der Waals surface area contributed by atoms with Crippen molar-refractivity contribution in [2.45, 2.75) is 37.5 Å². The molecule has 150 valence electrons. The summed E-state index contributed by atoms with van der Waals surface area (Å²) in [6, 6.07) is 7.05. The summed E-state index contributed by atoms with van der Waals surface area (Å²) in [6.45, 7) is 1.68. The van der Waals surface area contributed by atoms with Crippen molar-refractivity contribution in [1.29, 1.82) is 10.7 Å². The van der Waals surface area contributed by atoms with Gasteiger partial charge in [-0.1, -0.05) is 12.8 Å². The molecule has 0 bridgehead atoms. The Labute approximate surface area is 164 Å². The van der Waals surface area contributed by atoms with E-state index in [1.807, 2.05) is 0 Å². The molecule has 1 aromatic carbocycles. The first-order valence-corrected chi connectivity index (χ1v) is 10.5. The Morgan fingerprint density at radius 2 is 1.75 bits per heavy atom. The number of benzene rings is 1. The number of ketones is 1. The molecule has 28 heavy (non-hydrogen) atoms. The molecule has 1 aliphatic heterocycles. The van der Waals surface area contributed by atoms with Gasteiger partial charge in [0.05, 0.1) is 16.5 Å². The largest absolute Gasteiger partial charge is 0.454 e. The first kappa shape index (κ1) is 21.7. The number of sulfonamides is 1. The normalized spacial score (nSPS) is 16.4. The third-order valence-electron chi connectivity index (χ3n) is 4.52. The van der Waals surface area contributed by atoms with Gasteiger partial charge in [-0.3, -0.25) is 4.79 Å². The highest BCUT2D eigenvalue weighted by molar-refractivity contribution is 7.89. The van der Waals surface area contributed by atoms with Crippen LogP contribution in [0.15, 0.2) is 29.2 Å². The third-order valence-corrected chi connectivity index (χ3v) is 6.44. The zero-order valence-electron chi connectivity index (χ0n) is 15.7. The van der Waals surface area contributed by atoms with Crippen molar-refractivity contribution < 1.29 is 22.7 Å². The van der Waals surface area contributed by atoms with Crippen LogP contribution in [0.2, 0.25) is 0 Å². The van der Waals surface area contributed by atoms with Gasteiger partial charge in [-0.15, -0.1) is 0 Å². The van der Waals surface area contributed by atoms with Crippen LogP contribution >= 0.6 is 0 Å². The molecule has 1 aliphatic rings. The van der Waals surface area contributed by atoms with Gasteiger partial charge in [0.15, 0.2) is 12.4 Å². The number of rotatable bonds is 7. The Balaban J connectivity index is 2.03. The van der Waals surface area contributed by atoms with Crippen molar-refractivity contribution in [2.24, 2.45) is 5.92 Å². The number of carbonyl (C=O) groups excluding carboxylic acids is 2. The van der Waals surface area contributed by atoms with E-state index >= 15 is 0 Å². The molecule has 1 fully saturated rings. The van der Waals surface area contributed by atoms with Gasteiger partial charge in [0.25, 0.3) is 0 Å². The van der Waals surface area contributed by atoms with Gasteiger partial charge in [-0.2, -0.15) is 9.57 Å². The first-order chi connectivity index (χ1) is 13.3. The van der Waals surface area contributed by atoms with Crippen LogP contribution in [-0.2, 0) is 19.6 Å². The molecule has 2 rings (SSSR count). The zero-order valence-corrected chi connectivity index (χ0v) is 16.5. The fourth-order valence-corrected chi connectivity index (χ4v) is 4.42. The van der Waals surface area contributed by atoms with Crippen LogP contribution in [0.25, 0.3) is 0 Å². The minimum Gasteiger partial charge on any atom is -0.454 e. The molecule has 0 aromatic heterocycles. The van der Waals surface area contributed by atoms with Gasteiger partial charge in [-0.25, -0.2) is 13.2 Å². The van der Waals surface area contributed by atoms with Crippen molar-refractivity contribution in [3.63, 3.8) is 0 Å². The van der Waals surface area contributed by atoms with Crippen LogP contribution < -0.4 is 0 Å². The number of nitriles is 1. The predicted molar refractivity (Wildman–Crippen MR) is 101 cm³/mol. The molecule has 1 heterocycles. The number of carbonyl (C=O) groups is 2. The zero-order chi connectivity index (χ0) is 20.7. The van der Waals surface area contributed by atoms with Crippen molar-refractivity contribution in [1.82, 2.24) is 4.31 Å². The minimum atomic E-state index is -3.61. The van der Waals surface area contributed by atoms with Gasteiger partial charge in [-0.05, 0) is 44.0 Å². The maximum Gasteiger partial charge on any atom is 0.338 e. The van der Waals surface area contributed by atoms with Crippen molar-refractivity contribution in [3.05, 3.63) is 29.8 Å². The van der Waals surface area contributed by atoms with E-state index in [4.69, 9.17) is 15.4 Å². The van der Waals surface area contributed by atoms with Crippen molar-refractivity contribution >= 4 is 27.5 Å². The molecule has 1 aromatic rings. The molecule has 0 saturated carbocycles. The van der Waals surface area contributed by atoms with Gasteiger partial charge in [0.2, 0.25) is 10.0 Å². The minimum absolute atomic E-state index is 0.0997. The van der Waals surface area contributed by atoms with E-state index in [2.05, 4.69) is 0 Å². The van der Waals surface area contributed by atoms with Crippen LogP contribution in [-0.4, -0.2) is 49.9 Å². The van der Waals surface area contributed by atoms with Crippen LogP contribution in [0.5, 0.6) is 0 Å². The summed E-state index contributed by atoms with van der Waals surface area (Å²) >= 11 is 0. The fraction of sp³-hybridized carbons (Fsp3) is 0.474. The Morgan fingerprint density at radius 3 is 2.25 bits per heavy atom. The molecule has 1 unspecified atom stereocenters.